The number of hydrogen-bond donors (Lipinski definition) is 1. The average Bonchev–Trinajstić information content (AvgIpc) is 2.70. The minimum atomic E-state index is -0.270. The number of hydrogen-bond acceptors (Lipinski definition) is 3. The van der Waals surface area contributed by atoms with E-state index in [0.717, 1.165) is 22.4 Å². The lowest BCUT2D eigenvalue weighted by Gasteiger charge is -2.12. The molecule has 0 aromatic heterocycles. The van der Waals surface area contributed by atoms with Gasteiger partial charge in [-0.15, -0.1) is 0 Å². The van der Waals surface area contributed by atoms with Crippen LogP contribution in [-0.2, 0) is 0 Å². The number of ketones is 2. The topological polar surface area (TPSA) is 46.2 Å². The summed E-state index contributed by atoms with van der Waals surface area (Å²) < 4.78 is 0. The largest absolute Gasteiger partial charge is 0.352 e. The summed E-state index contributed by atoms with van der Waals surface area (Å²) in [5.74, 6) is -0.515. The zero-order valence-electron chi connectivity index (χ0n) is 16.6. The molecule has 0 bridgehead atoms. The number of allylic oxidation sites excluding steroid dienone is 2. The van der Waals surface area contributed by atoms with Crippen molar-refractivity contribution in [1.29, 1.82) is 0 Å². The molecule has 0 unspecified atom stereocenters. The molecule has 0 spiro atoms. The molecule has 0 radical (unpaired) electrons. The molecule has 0 saturated heterocycles. The van der Waals surface area contributed by atoms with Crippen LogP contribution in [0.4, 0.5) is 5.69 Å². The van der Waals surface area contributed by atoms with Crippen molar-refractivity contribution in [2.24, 2.45) is 0 Å². The summed E-state index contributed by atoms with van der Waals surface area (Å²) in [6.07, 6.45) is 1.35. The highest BCUT2D eigenvalue weighted by Crippen LogP contribution is 2.19. The zero-order valence-corrected chi connectivity index (χ0v) is 17.4. The quantitative estimate of drug-likeness (QED) is 0.386. The smallest absolute Gasteiger partial charge is 0.209 e. The van der Waals surface area contributed by atoms with E-state index >= 15 is 0 Å². The second kappa shape index (κ2) is 8.89. The van der Waals surface area contributed by atoms with Crippen LogP contribution in [0.5, 0.6) is 0 Å². The number of anilines is 1. The van der Waals surface area contributed by atoms with Gasteiger partial charge in [0, 0.05) is 27.9 Å². The Morgan fingerprint density at radius 2 is 1.41 bits per heavy atom. The van der Waals surface area contributed by atoms with Gasteiger partial charge in [0.2, 0.25) is 5.78 Å². The standard InChI is InChI=1S/C25H22ClNO2/c1-16-4-7-20(8-5-16)25(29)23(27-22-13-6-17(2)18(3)14-22)15-24(28)19-9-11-21(26)12-10-19/h4-15,27H,1-3H3/b23-15-. The Hall–Kier alpha value is -3.17. The number of carbonyl (C=O) groups is 2. The highest BCUT2D eigenvalue weighted by Gasteiger charge is 2.16. The fourth-order valence-electron chi connectivity index (χ4n) is 2.82. The first kappa shape index (κ1) is 20.6. The minimum Gasteiger partial charge on any atom is -0.352 e. The van der Waals surface area contributed by atoms with E-state index < -0.39 is 0 Å². The van der Waals surface area contributed by atoms with Crippen LogP contribution in [0.15, 0.2) is 78.5 Å². The second-order valence-corrected chi connectivity index (χ2v) is 7.48. The molecule has 0 aliphatic heterocycles. The van der Waals surface area contributed by atoms with Gasteiger partial charge in [-0.05, 0) is 68.3 Å². The van der Waals surface area contributed by atoms with Crippen LogP contribution >= 0.6 is 11.6 Å². The average molecular weight is 404 g/mol. The number of carbonyl (C=O) groups excluding carboxylic acids is 2. The molecule has 29 heavy (non-hydrogen) atoms. The van der Waals surface area contributed by atoms with E-state index in [9.17, 15) is 9.59 Å². The molecule has 3 aromatic rings. The third kappa shape index (κ3) is 5.21. The van der Waals surface area contributed by atoms with Gasteiger partial charge in [-0.25, -0.2) is 0 Å². The van der Waals surface area contributed by atoms with Crippen LogP contribution in [0, 0.1) is 20.8 Å². The molecule has 3 aromatic carbocycles. The Bertz CT molecular complexity index is 1080. The van der Waals surface area contributed by atoms with Crippen molar-refractivity contribution in [2.75, 3.05) is 5.32 Å². The molecule has 3 rings (SSSR count). The lowest BCUT2D eigenvalue weighted by molar-refractivity contribution is 0.101. The summed E-state index contributed by atoms with van der Waals surface area (Å²) in [4.78, 5) is 25.9. The number of benzene rings is 3. The molecule has 4 heteroatoms. The lowest BCUT2D eigenvalue weighted by atomic mass is 10.0. The van der Waals surface area contributed by atoms with E-state index in [4.69, 9.17) is 11.6 Å². The molecule has 3 nitrogen and oxygen atoms in total. The van der Waals surface area contributed by atoms with Crippen molar-refractivity contribution in [3.8, 4) is 0 Å². The van der Waals surface area contributed by atoms with Crippen molar-refractivity contribution in [2.45, 2.75) is 20.8 Å². The molecule has 146 valence electrons. The van der Waals surface area contributed by atoms with Crippen LogP contribution in [0.3, 0.4) is 0 Å². The first-order chi connectivity index (χ1) is 13.8. The van der Waals surface area contributed by atoms with Gasteiger partial charge in [0.15, 0.2) is 5.78 Å². The maximum absolute atomic E-state index is 13.1. The molecule has 1 N–H and O–H groups in total. The first-order valence-corrected chi connectivity index (χ1v) is 9.68. The first-order valence-electron chi connectivity index (χ1n) is 9.31. The van der Waals surface area contributed by atoms with Gasteiger partial charge < -0.3 is 5.32 Å². The van der Waals surface area contributed by atoms with Crippen molar-refractivity contribution in [1.82, 2.24) is 0 Å². The maximum Gasteiger partial charge on any atom is 0.209 e. The molecule has 0 aliphatic carbocycles. The van der Waals surface area contributed by atoms with Crippen molar-refractivity contribution < 1.29 is 9.59 Å². The third-order valence-electron chi connectivity index (χ3n) is 4.75. The van der Waals surface area contributed by atoms with Gasteiger partial charge in [-0.1, -0.05) is 47.5 Å². The van der Waals surface area contributed by atoms with Crippen LogP contribution in [-0.4, -0.2) is 11.6 Å². The number of halogens is 1. The summed E-state index contributed by atoms with van der Waals surface area (Å²) in [6, 6.07) is 19.7. The number of aryl methyl sites for hydroxylation is 3. The summed E-state index contributed by atoms with van der Waals surface area (Å²) in [5, 5.41) is 3.69. The van der Waals surface area contributed by atoms with Crippen molar-refractivity contribution >= 4 is 28.9 Å². The Labute approximate surface area is 176 Å². The molecule has 0 heterocycles. The lowest BCUT2D eigenvalue weighted by Crippen LogP contribution is -2.14. The van der Waals surface area contributed by atoms with Crippen LogP contribution in [0.1, 0.15) is 37.4 Å². The summed E-state index contributed by atoms with van der Waals surface area (Å²) in [7, 11) is 0. The van der Waals surface area contributed by atoms with Gasteiger partial charge in [0.05, 0.1) is 5.70 Å². The monoisotopic (exact) mass is 403 g/mol. The summed E-state index contributed by atoms with van der Waals surface area (Å²) >= 11 is 5.91. The van der Waals surface area contributed by atoms with E-state index in [1.54, 1.807) is 36.4 Å². The van der Waals surface area contributed by atoms with Crippen LogP contribution in [0.25, 0.3) is 0 Å². The highest BCUT2D eigenvalue weighted by atomic mass is 35.5. The van der Waals surface area contributed by atoms with E-state index in [2.05, 4.69) is 5.32 Å². The number of nitrogens with one attached hydrogen (secondary N) is 1. The molecule has 0 aliphatic rings. The van der Waals surface area contributed by atoms with Crippen LogP contribution < -0.4 is 5.32 Å². The predicted molar refractivity (Wildman–Crippen MR) is 119 cm³/mol. The van der Waals surface area contributed by atoms with E-state index in [1.807, 2.05) is 51.1 Å². The Morgan fingerprint density at radius 3 is 2.03 bits per heavy atom. The Kier molecular flexibility index (Phi) is 6.30. The second-order valence-electron chi connectivity index (χ2n) is 7.05. The Morgan fingerprint density at radius 1 is 0.793 bits per heavy atom. The maximum atomic E-state index is 13.1. The van der Waals surface area contributed by atoms with E-state index in [0.29, 0.717) is 16.1 Å². The molecule has 0 fully saturated rings. The Balaban J connectivity index is 1.98. The SMILES string of the molecule is Cc1ccc(C(=O)/C(=C/C(=O)c2ccc(Cl)cc2)Nc2ccc(C)c(C)c2)cc1. The van der Waals surface area contributed by atoms with Gasteiger partial charge in [-0.3, -0.25) is 9.59 Å². The summed E-state index contributed by atoms with van der Waals surface area (Å²) in [5.41, 5.74) is 5.27. The normalized spacial score (nSPS) is 11.2. The van der Waals surface area contributed by atoms with E-state index in [-0.39, 0.29) is 17.3 Å². The number of rotatable bonds is 6. The third-order valence-corrected chi connectivity index (χ3v) is 5.00. The zero-order chi connectivity index (χ0) is 21.0. The molecule has 0 atom stereocenters. The predicted octanol–water partition coefficient (Wildman–Crippen LogP) is 6.33. The van der Waals surface area contributed by atoms with Gasteiger partial charge in [0.1, 0.15) is 0 Å². The van der Waals surface area contributed by atoms with Gasteiger partial charge in [-0.2, -0.15) is 0 Å². The van der Waals surface area contributed by atoms with Gasteiger partial charge in [0.25, 0.3) is 0 Å². The van der Waals surface area contributed by atoms with Crippen molar-refractivity contribution in [3.63, 3.8) is 0 Å². The summed E-state index contributed by atoms with van der Waals surface area (Å²) in [6.45, 7) is 5.99. The van der Waals surface area contributed by atoms with Crippen molar-refractivity contribution in [3.05, 3.63) is 111 Å². The van der Waals surface area contributed by atoms with Gasteiger partial charge >= 0.3 is 0 Å². The number of Topliss-reactive ketones (excluding diaryl/α,β-unsaturated/α-hetero) is 1. The van der Waals surface area contributed by atoms with Crippen LogP contribution in [0.2, 0.25) is 5.02 Å². The molecule has 0 saturated carbocycles. The minimum absolute atomic E-state index is 0.219. The van der Waals surface area contributed by atoms with E-state index in [1.165, 1.54) is 6.08 Å². The molecular formula is C25H22ClNO2. The molecule has 0 amide bonds. The highest BCUT2D eigenvalue weighted by molar-refractivity contribution is 6.30. The molecular weight excluding hydrogens is 382 g/mol. The fraction of sp³-hybridized carbons (Fsp3) is 0.120. The fourth-order valence-corrected chi connectivity index (χ4v) is 2.95.